The molecular weight excluding hydrogens is 368 g/mol. The second-order valence-corrected chi connectivity index (χ2v) is 7.01. The topological polar surface area (TPSA) is 108 Å². The predicted molar refractivity (Wildman–Crippen MR) is 104 cm³/mol. The van der Waals surface area contributed by atoms with Crippen molar-refractivity contribution in [3.8, 4) is 5.75 Å². The molecule has 0 unspecified atom stereocenters. The molecule has 2 amide bonds. The Hall–Kier alpha value is -2.87. The van der Waals surface area contributed by atoms with Crippen molar-refractivity contribution in [1.29, 1.82) is 0 Å². The highest BCUT2D eigenvalue weighted by atomic mass is 32.1. The minimum absolute atomic E-state index is 0.0261. The number of hydrogen-bond acceptors (Lipinski definition) is 6. The van der Waals surface area contributed by atoms with E-state index < -0.39 is 17.8 Å². The van der Waals surface area contributed by atoms with Crippen molar-refractivity contribution >= 4 is 34.1 Å². The fraction of sp³-hybridized carbons (Fsp3) is 0.316. The molecule has 7 nitrogen and oxygen atoms in total. The molecule has 3 N–H and O–H groups in total. The van der Waals surface area contributed by atoms with Gasteiger partial charge >= 0.3 is 5.97 Å². The molecule has 0 aliphatic rings. The van der Waals surface area contributed by atoms with Crippen LogP contribution in [-0.4, -0.2) is 30.5 Å². The van der Waals surface area contributed by atoms with Crippen LogP contribution in [0.2, 0.25) is 0 Å². The monoisotopic (exact) mass is 390 g/mol. The smallest absolute Gasteiger partial charge is 0.348 e. The van der Waals surface area contributed by atoms with Crippen molar-refractivity contribution in [3.63, 3.8) is 0 Å². The number of anilines is 1. The van der Waals surface area contributed by atoms with E-state index in [4.69, 9.17) is 15.2 Å². The van der Waals surface area contributed by atoms with E-state index in [1.54, 1.807) is 38.1 Å². The lowest BCUT2D eigenvalue weighted by Crippen LogP contribution is -2.17. The predicted octanol–water partition coefficient (Wildman–Crippen LogP) is 3.37. The van der Waals surface area contributed by atoms with Crippen molar-refractivity contribution < 1.29 is 23.9 Å². The van der Waals surface area contributed by atoms with Crippen LogP contribution in [0.25, 0.3) is 0 Å². The average molecular weight is 390 g/mol. The standard InChI is InChI=1S/C19H22N2O5S/c1-5-25-19(24)15-11(4)14(16(20)22)18(27-15)21-17(23)12-6-8-13(9-7-12)26-10(2)3/h6-10H,5H2,1-4H3,(H2,20,22)(H,21,23). The molecule has 1 heterocycles. The van der Waals surface area contributed by atoms with E-state index in [2.05, 4.69) is 5.32 Å². The molecule has 0 spiro atoms. The number of esters is 1. The summed E-state index contributed by atoms with van der Waals surface area (Å²) in [6, 6.07) is 6.61. The van der Waals surface area contributed by atoms with E-state index in [0.717, 1.165) is 11.3 Å². The van der Waals surface area contributed by atoms with Gasteiger partial charge in [-0.1, -0.05) is 0 Å². The molecule has 0 aliphatic heterocycles. The van der Waals surface area contributed by atoms with Gasteiger partial charge < -0.3 is 20.5 Å². The van der Waals surface area contributed by atoms with Crippen LogP contribution in [-0.2, 0) is 4.74 Å². The number of nitrogens with one attached hydrogen (secondary N) is 1. The Bertz CT molecular complexity index is 856. The third-order valence-corrected chi connectivity index (χ3v) is 4.76. The van der Waals surface area contributed by atoms with Crippen LogP contribution in [0.15, 0.2) is 24.3 Å². The van der Waals surface area contributed by atoms with Gasteiger partial charge in [-0.2, -0.15) is 0 Å². The Morgan fingerprint density at radius 3 is 2.33 bits per heavy atom. The zero-order valence-corrected chi connectivity index (χ0v) is 16.4. The van der Waals surface area contributed by atoms with Crippen molar-refractivity contribution in [1.82, 2.24) is 0 Å². The Kier molecular flexibility index (Phi) is 6.57. The molecule has 8 heteroatoms. The van der Waals surface area contributed by atoms with Gasteiger partial charge in [-0.3, -0.25) is 9.59 Å². The molecule has 0 atom stereocenters. The van der Waals surface area contributed by atoms with Crippen LogP contribution in [0.5, 0.6) is 5.75 Å². The van der Waals surface area contributed by atoms with Gasteiger partial charge in [-0.15, -0.1) is 11.3 Å². The quantitative estimate of drug-likeness (QED) is 0.705. The number of ether oxygens (including phenoxy) is 2. The summed E-state index contributed by atoms with van der Waals surface area (Å²) in [7, 11) is 0. The average Bonchev–Trinajstić information content (AvgIpc) is 2.91. The Balaban J connectivity index is 2.27. The molecule has 0 bridgehead atoms. The van der Waals surface area contributed by atoms with Gasteiger partial charge in [0.1, 0.15) is 15.6 Å². The molecular formula is C19H22N2O5S. The highest BCUT2D eigenvalue weighted by Crippen LogP contribution is 2.33. The van der Waals surface area contributed by atoms with E-state index in [1.165, 1.54) is 0 Å². The molecule has 144 valence electrons. The summed E-state index contributed by atoms with van der Waals surface area (Å²) in [6.45, 7) is 7.30. The lowest BCUT2D eigenvalue weighted by molar-refractivity contribution is 0.0531. The summed E-state index contributed by atoms with van der Waals surface area (Å²) in [5.74, 6) is -1.06. The lowest BCUT2D eigenvalue weighted by atomic mass is 10.1. The van der Waals surface area contributed by atoms with E-state index in [1.807, 2.05) is 13.8 Å². The Morgan fingerprint density at radius 1 is 1.19 bits per heavy atom. The first-order valence-electron chi connectivity index (χ1n) is 8.43. The van der Waals surface area contributed by atoms with Crippen LogP contribution in [0.1, 0.15) is 56.7 Å². The van der Waals surface area contributed by atoms with Gasteiger partial charge in [0.25, 0.3) is 11.8 Å². The zero-order valence-electron chi connectivity index (χ0n) is 15.6. The minimum atomic E-state index is -0.727. The van der Waals surface area contributed by atoms with Crippen molar-refractivity contribution in [2.24, 2.45) is 5.73 Å². The Morgan fingerprint density at radius 2 is 1.81 bits per heavy atom. The van der Waals surface area contributed by atoms with Crippen LogP contribution < -0.4 is 15.8 Å². The van der Waals surface area contributed by atoms with Gasteiger partial charge in [0.05, 0.1) is 18.3 Å². The fourth-order valence-electron chi connectivity index (χ4n) is 2.42. The first-order valence-corrected chi connectivity index (χ1v) is 9.24. The first kappa shape index (κ1) is 20.4. The number of hydrogen-bond donors (Lipinski definition) is 2. The minimum Gasteiger partial charge on any atom is -0.491 e. The second kappa shape index (κ2) is 8.68. The molecule has 0 saturated carbocycles. The molecule has 1 aromatic carbocycles. The van der Waals surface area contributed by atoms with Crippen LogP contribution in [0.3, 0.4) is 0 Å². The van der Waals surface area contributed by atoms with Gasteiger partial charge in [0.15, 0.2) is 0 Å². The first-order chi connectivity index (χ1) is 12.7. The molecule has 1 aromatic heterocycles. The molecule has 0 fully saturated rings. The number of primary amides is 1. The number of amides is 2. The van der Waals surface area contributed by atoms with Crippen LogP contribution in [0.4, 0.5) is 5.00 Å². The summed E-state index contributed by atoms with van der Waals surface area (Å²) >= 11 is 0.965. The van der Waals surface area contributed by atoms with E-state index in [0.29, 0.717) is 16.9 Å². The number of nitrogens with two attached hydrogens (primary N) is 1. The molecule has 0 radical (unpaired) electrons. The summed E-state index contributed by atoms with van der Waals surface area (Å²) in [5, 5.41) is 2.87. The molecule has 0 aliphatic carbocycles. The normalized spacial score (nSPS) is 10.6. The number of carbonyl (C=O) groups is 3. The molecule has 27 heavy (non-hydrogen) atoms. The van der Waals surface area contributed by atoms with Crippen LogP contribution >= 0.6 is 11.3 Å². The number of thiophene rings is 1. The van der Waals surface area contributed by atoms with E-state index >= 15 is 0 Å². The van der Waals surface area contributed by atoms with E-state index in [9.17, 15) is 14.4 Å². The number of benzene rings is 1. The fourth-order valence-corrected chi connectivity index (χ4v) is 3.52. The van der Waals surface area contributed by atoms with Crippen molar-refractivity contribution in [3.05, 3.63) is 45.8 Å². The van der Waals surface area contributed by atoms with Gasteiger partial charge in [0.2, 0.25) is 0 Å². The molecule has 2 aromatic rings. The van der Waals surface area contributed by atoms with E-state index in [-0.39, 0.29) is 28.2 Å². The summed E-state index contributed by atoms with van der Waals surface area (Å²) in [6.07, 6.45) is 0.0261. The SMILES string of the molecule is CCOC(=O)c1sc(NC(=O)c2ccc(OC(C)C)cc2)c(C(N)=O)c1C. The maximum atomic E-state index is 12.5. The van der Waals surface area contributed by atoms with Gasteiger partial charge in [-0.05, 0) is 57.5 Å². The summed E-state index contributed by atoms with van der Waals surface area (Å²) in [5.41, 5.74) is 6.31. The third kappa shape index (κ3) is 4.85. The zero-order chi connectivity index (χ0) is 20.1. The van der Waals surface area contributed by atoms with Crippen molar-refractivity contribution in [2.45, 2.75) is 33.8 Å². The number of rotatable bonds is 7. The molecule has 0 saturated heterocycles. The summed E-state index contributed by atoms with van der Waals surface area (Å²) in [4.78, 5) is 36.6. The number of carbonyl (C=O) groups excluding carboxylic acids is 3. The van der Waals surface area contributed by atoms with Gasteiger partial charge in [0, 0.05) is 5.56 Å². The summed E-state index contributed by atoms with van der Waals surface area (Å²) < 4.78 is 10.5. The third-order valence-electron chi connectivity index (χ3n) is 3.57. The van der Waals surface area contributed by atoms with Gasteiger partial charge in [-0.25, -0.2) is 4.79 Å². The molecule has 2 rings (SSSR count). The van der Waals surface area contributed by atoms with Crippen LogP contribution in [0, 0.1) is 6.92 Å². The largest absolute Gasteiger partial charge is 0.491 e. The lowest BCUT2D eigenvalue weighted by Gasteiger charge is -2.10. The highest BCUT2D eigenvalue weighted by molar-refractivity contribution is 7.18. The Labute approximate surface area is 161 Å². The highest BCUT2D eigenvalue weighted by Gasteiger charge is 2.25. The van der Waals surface area contributed by atoms with Crippen molar-refractivity contribution in [2.75, 3.05) is 11.9 Å². The maximum Gasteiger partial charge on any atom is 0.348 e. The maximum absolute atomic E-state index is 12.5. The second-order valence-electron chi connectivity index (χ2n) is 5.99.